The number of benzene rings is 2. The Hall–Kier alpha value is -4.12. The van der Waals surface area contributed by atoms with Gasteiger partial charge in [0.25, 0.3) is 0 Å². The second-order valence-corrected chi connectivity index (χ2v) is 11.6. The number of rotatable bonds is 14. The maximum atomic E-state index is 13.4. The first-order chi connectivity index (χ1) is 19.6. The molecule has 0 aliphatic heterocycles. The highest BCUT2D eigenvalue weighted by molar-refractivity contribution is 5.94. The summed E-state index contributed by atoms with van der Waals surface area (Å²) in [5, 5.41) is 17.7. The highest BCUT2D eigenvalue weighted by atomic mass is 16.6. The van der Waals surface area contributed by atoms with E-state index < -0.39 is 53.6 Å². The molecule has 0 heterocycles. The van der Waals surface area contributed by atoms with E-state index >= 15 is 0 Å². The number of carbonyl (C=O) groups is 4. The lowest BCUT2D eigenvalue weighted by Gasteiger charge is -2.27. The van der Waals surface area contributed by atoms with Gasteiger partial charge in [0.1, 0.15) is 36.1 Å². The van der Waals surface area contributed by atoms with E-state index in [1.807, 2.05) is 44.2 Å². The molecule has 11 heteroatoms. The van der Waals surface area contributed by atoms with Crippen molar-refractivity contribution in [3.63, 3.8) is 0 Å². The molecule has 0 radical (unpaired) electrons. The molecule has 4 atom stereocenters. The normalized spacial score (nSPS) is 14.2. The lowest BCUT2D eigenvalue weighted by molar-refractivity contribution is -0.133. The number of alkyl carbamates (subject to hydrolysis) is 1. The molecule has 0 aliphatic rings. The molecule has 2 aromatic carbocycles. The van der Waals surface area contributed by atoms with Crippen molar-refractivity contribution < 1.29 is 33.8 Å². The van der Waals surface area contributed by atoms with Gasteiger partial charge in [0.2, 0.25) is 17.7 Å². The van der Waals surface area contributed by atoms with Crippen LogP contribution in [0.3, 0.4) is 0 Å². The fraction of sp³-hybridized carbons (Fsp3) is 0.484. The summed E-state index contributed by atoms with van der Waals surface area (Å²) in [6, 6.07) is 13.2. The number of carbonyl (C=O) groups excluding carboxylic acids is 4. The zero-order chi connectivity index (χ0) is 31.4. The van der Waals surface area contributed by atoms with Crippen LogP contribution in [0.15, 0.2) is 54.6 Å². The van der Waals surface area contributed by atoms with E-state index in [0.29, 0.717) is 17.9 Å². The Morgan fingerprint density at radius 1 is 0.833 bits per heavy atom. The van der Waals surface area contributed by atoms with Gasteiger partial charge in [0, 0.05) is 6.42 Å². The predicted octanol–water partition coefficient (Wildman–Crippen LogP) is 2.58. The Kier molecular flexibility index (Phi) is 12.8. The number of aliphatic hydroxyl groups is 1. The van der Waals surface area contributed by atoms with Crippen molar-refractivity contribution in [3.8, 4) is 5.75 Å². The third-order valence-corrected chi connectivity index (χ3v) is 6.05. The monoisotopic (exact) mass is 584 g/mol. The smallest absolute Gasteiger partial charge is 0.408 e. The molecule has 6 N–H and O–H groups in total. The zero-order valence-corrected chi connectivity index (χ0v) is 25.2. The van der Waals surface area contributed by atoms with Crippen LogP contribution in [-0.2, 0) is 32.1 Å². The van der Waals surface area contributed by atoms with E-state index in [0.717, 1.165) is 5.56 Å². The van der Waals surface area contributed by atoms with Gasteiger partial charge in [0.05, 0.1) is 6.10 Å². The molecule has 0 fully saturated rings. The first-order valence-corrected chi connectivity index (χ1v) is 14.0. The van der Waals surface area contributed by atoms with Crippen molar-refractivity contribution in [2.24, 2.45) is 11.7 Å². The van der Waals surface area contributed by atoms with Crippen LogP contribution in [0.2, 0.25) is 0 Å². The molecule has 0 aliphatic carbocycles. The molecule has 42 heavy (non-hydrogen) atoms. The quantitative estimate of drug-likeness (QED) is 0.227. The number of aliphatic hydroxyl groups excluding tert-OH is 1. The molecule has 0 saturated carbocycles. The molecule has 11 nitrogen and oxygen atoms in total. The fourth-order valence-electron chi connectivity index (χ4n) is 4.02. The van der Waals surface area contributed by atoms with Gasteiger partial charge in [-0.2, -0.15) is 0 Å². The minimum absolute atomic E-state index is 0.0286. The van der Waals surface area contributed by atoms with Gasteiger partial charge < -0.3 is 36.3 Å². The van der Waals surface area contributed by atoms with Crippen LogP contribution in [0.4, 0.5) is 4.79 Å². The minimum atomic E-state index is -1.36. The molecule has 0 spiro atoms. The maximum absolute atomic E-state index is 13.4. The highest BCUT2D eigenvalue weighted by Crippen LogP contribution is 2.16. The summed E-state index contributed by atoms with van der Waals surface area (Å²) < 4.78 is 11.1. The van der Waals surface area contributed by atoms with Crippen LogP contribution in [0.25, 0.3) is 0 Å². The van der Waals surface area contributed by atoms with Crippen molar-refractivity contribution >= 4 is 23.8 Å². The Bertz CT molecular complexity index is 1180. The van der Waals surface area contributed by atoms with Gasteiger partial charge in [0.15, 0.2) is 0 Å². The van der Waals surface area contributed by atoms with Crippen LogP contribution >= 0.6 is 0 Å². The molecule has 0 aromatic heterocycles. The maximum Gasteiger partial charge on any atom is 0.408 e. The van der Waals surface area contributed by atoms with Gasteiger partial charge in [-0.25, -0.2) is 4.79 Å². The molecule has 4 amide bonds. The van der Waals surface area contributed by atoms with Crippen molar-refractivity contribution in [1.82, 2.24) is 16.0 Å². The predicted molar refractivity (Wildman–Crippen MR) is 158 cm³/mol. The number of nitrogens with one attached hydrogen (secondary N) is 3. The van der Waals surface area contributed by atoms with Crippen molar-refractivity contribution in [2.45, 2.75) is 90.8 Å². The second kappa shape index (κ2) is 15.8. The van der Waals surface area contributed by atoms with Gasteiger partial charge in [-0.1, -0.05) is 56.3 Å². The number of primary amides is 1. The summed E-state index contributed by atoms with van der Waals surface area (Å²) in [7, 11) is 0. The SMILES string of the molecule is CC(C)C[C@@H](NC(=O)OC(C)(C)C)C(=O)N[C@@H](Cc1ccc(OCc2ccccc2)cc1)C(=O)N[C@H](C(N)=O)[C@@H](C)O. The summed E-state index contributed by atoms with van der Waals surface area (Å²) in [4.78, 5) is 51.0. The third kappa shape index (κ3) is 12.2. The average Bonchev–Trinajstić information content (AvgIpc) is 2.89. The standard InChI is InChI=1S/C31H44N4O7/c1-19(2)16-24(34-30(40)42-31(4,5)6)28(38)33-25(29(39)35-26(20(3)36)27(32)37)17-21-12-14-23(15-13-21)41-18-22-10-8-7-9-11-22/h7-15,19-20,24-26,36H,16-18H2,1-6H3,(H2,32,37)(H,33,38)(H,34,40)(H,35,39)/t20-,24-,25+,26+/m1/s1. The summed E-state index contributed by atoms with van der Waals surface area (Å²) in [6.07, 6.45) is -1.70. The van der Waals surface area contributed by atoms with E-state index in [4.69, 9.17) is 15.2 Å². The van der Waals surface area contributed by atoms with E-state index in [1.165, 1.54) is 6.92 Å². The van der Waals surface area contributed by atoms with E-state index in [1.54, 1.807) is 45.0 Å². The lowest BCUT2D eigenvalue weighted by atomic mass is 10.0. The number of hydrogen-bond donors (Lipinski definition) is 5. The Labute approximate surface area is 247 Å². The molecule has 0 saturated heterocycles. The van der Waals surface area contributed by atoms with Crippen molar-refractivity contribution in [2.75, 3.05) is 0 Å². The summed E-state index contributed by atoms with van der Waals surface area (Å²) >= 11 is 0. The third-order valence-electron chi connectivity index (χ3n) is 6.05. The molecular formula is C31H44N4O7. The van der Waals surface area contributed by atoms with Crippen LogP contribution < -0.4 is 26.4 Å². The molecule has 2 rings (SSSR count). The highest BCUT2D eigenvalue weighted by Gasteiger charge is 2.32. The molecule has 0 unspecified atom stereocenters. The van der Waals surface area contributed by atoms with Crippen LogP contribution in [0.5, 0.6) is 5.75 Å². The van der Waals surface area contributed by atoms with Gasteiger partial charge in [-0.3, -0.25) is 14.4 Å². The van der Waals surface area contributed by atoms with Crippen molar-refractivity contribution in [3.05, 3.63) is 65.7 Å². The number of hydrogen-bond acceptors (Lipinski definition) is 7. The van der Waals surface area contributed by atoms with Crippen molar-refractivity contribution in [1.29, 1.82) is 0 Å². The van der Waals surface area contributed by atoms with Crippen LogP contribution in [0.1, 0.15) is 59.1 Å². The topological polar surface area (TPSA) is 169 Å². The first-order valence-electron chi connectivity index (χ1n) is 14.0. The van der Waals surface area contributed by atoms with E-state index in [-0.39, 0.29) is 18.8 Å². The Morgan fingerprint density at radius 2 is 1.43 bits per heavy atom. The lowest BCUT2D eigenvalue weighted by Crippen LogP contribution is -2.59. The summed E-state index contributed by atoms with van der Waals surface area (Å²) in [5.74, 6) is -1.61. The summed E-state index contributed by atoms with van der Waals surface area (Å²) in [6.45, 7) is 10.6. The van der Waals surface area contributed by atoms with Crippen LogP contribution in [0, 0.1) is 5.92 Å². The minimum Gasteiger partial charge on any atom is -0.489 e. The number of ether oxygens (including phenoxy) is 2. The summed E-state index contributed by atoms with van der Waals surface area (Å²) in [5.41, 5.74) is 6.29. The second-order valence-electron chi connectivity index (χ2n) is 11.6. The van der Waals surface area contributed by atoms with Gasteiger partial charge >= 0.3 is 6.09 Å². The van der Waals surface area contributed by atoms with Crippen LogP contribution in [-0.4, -0.2) is 58.8 Å². The zero-order valence-electron chi connectivity index (χ0n) is 25.2. The van der Waals surface area contributed by atoms with Gasteiger partial charge in [-0.15, -0.1) is 0 Å². The average molecular weight is 585 g/mol. The molecule has 0 bridgehead atoms. The Balaban J connectivity index is 2.23. The fourth-order valence-corrected chi connectivity index (χ4v) is 4.02. The largest absolute Gasteiger partial charge is 0.489 e. The Morgan fingerprint density at radius 3 is 1.95 bits per heavy atom. The molecule has 230 valence electrons. The van der Waals surface area contributed by atoms with Gasteiger partial charge in [-0.05, 0) is 63.3 Å². The molecular weight excluding hydrogens is 540 g/mol. The van der Waals surface area contributed by atoms with E-state index in [9.17, 15) is 24.3 Å². The first kappa shape index (κ1) is 34.1. The number of amides is 4. The molecule has 2 aromatic rings. The van der Waals surface area contributed by atoms with E-state index in [2.05, 4.69) is 16.0 Å². The number of nitrogens with two attached hydrogens (primary N) is 1.